The van der Waals surface area contributed by atoms with Gasteiger partial charge in [0.2, 0.25) is 6.79 Å². The molecule has 0 saturated carbocycles. The fourth-order valence-corrected chi connectivity index (χ4v) is 2.32. The van der Waals surface area contributed by atoms with Gasteiger partial charge in [-0.05, 0) is 30.8 Å². The Morgan fingerprint density at radius 1 is 1.05 bits per heavy atom. The second-order valence-corrected chi connectivity index (χ2v) is 4.95. The zero-order valence-corrected chi connectivity index (χ0v) is 11.3. The maximum Gasteiger partial charge on any atom is 0.231 e. The molecule has 20 heavy (non-hydrogen) atoms. The molecule has 4 heteroatoms. The van der Waals surface area contributed by atoms with Crippen molar-refractivity contribution in [1.82, 2.24) is 4.90 Å². The highest BCUT2D eigenvalue weighted by Gasteiger charge is 2.14. The number of nitrogens with zero attached hydrogens (tertiary/aromatic N) is 1. The average Bonchev–Trinajstić information content (AvgIpc) is 2.89. The van der Waals surface area contributed by atoms with Gasteiger partial charge in [0.1, 0.15) is 5.82 Å². The largest absolute Gasteiger partial charge is 0.454 e. The van der Waals surface area contributed by atoms with Gasteiger partial charge in [-0.15, -0.1) is 0 Å². The van der Waals surface area contributed by atoms with Crippen molar-refractivity contribution in [1.29, 1.82) is 0 Å². The molecule has 2 aromatic rings. The third-order valence-electron chi connectivity index (χ3n) is 3.29. The molecule has 2 aromatic carbocycles. The smallest absolute Gasteiger partial charge is 0.231 e. The lowest BCUT2D eigenvalue weighted by Gasteiger charge is -2.17. The Bertz CT molecular complexity index is 615. The van der Waals surface area contributed by atoms with E-state index in [1.165, 1.54) is 6.07 Å². The van der Waals surface area contributed by atoms with Crippen LogP contribution in [0.15, 0.2) is 42.5 Å². The van der Waals surface area contributed by atoms with E-state index in [0.717, 1.165) is 23.6 Å². The molecule has 3 nitrogen and oxygen atoms in total. The summed E-state index contributed by atoms with van der Waals surface area (Å²) in [5.74, 6) is 1.40. The van der Waals surface area contributed by atoms with Crippen LogP contribution in [-0.4, -0.2) is 18.7 Å². The minimum atomic E-state index is -0.162. The van der Waals surface area contributed by atoms with Gasteiger partial charge in [-0.25, -0.2) is 4.39 Å². The van der Waals surface area contributed by atoms with Gasteiger partial charge in [0.05, 0.1) is 0 Å². The maximum absolute atomic E-state index is 13.6. The first-order valence-electron chi connectivity index (χ1n) is 6.53. The first-order valence-corrected chi connectivity index (χ1v) is 6.53. The summed E-state index contributed by atoms with van der Waals surface area (Å²) < 4.78 is 24.2. The lowest BCUT2D eigenvalue weighted by molar-refractivity contribution is 0.174. The number of ether oxygens (including phenoxy) is 2. The van der Waals surface area contributed by atoms with E-state index in [0.29, 0.717) is 12.1 Å². The molecule has 0 aromatic heterocycles. The van der Waals surface area contributed by atoms with Crippen LogP contribution in [-0.2, 0) is 13.1 Å². The van der Waals surface area contributed by atoms with E-state index in [1.807, 2.05) is 37.4 Å². The molecule has 0 unspecified atom stereocenters. The van der Waals surface area contributed by atoms with Gasteiger partial charge in [-0.2, -0.15) is 0 Å². The van der Waals surface area contributed by atoms with Crippen LogP contribution in [0.25, 0.3) is 0 Å². The Kier molecular flexibility index (Phi) is 3.56. The van der Waals surface area contributed by atoms with E-state index >= 15 is 0 Å². The third kappa shape index (κ3) is 2.75. The number of benzene rings is 2. The Hall–Kier alpha value is -2.07. The van der Waals surface area contributed by atoms with Crippen LogP contribution in [0.2, 0.25) is 0 Å². The topological polar surface area (TPSA) is 21.7 Å². The van der Waals surface area contributed by atoms with Crippen LogP contribution < -0.4 is 9.47 Å². The molecule has 0 spiro atoms. The summed E-state index contributed by atoms with van der Waals surface area (Å²) in [6.07, 6.45) is 0. The van der Waals surface area contributed by atoms with Crippen molar-refractivity contribution in [3.8, 4) is 11.5 Å². The van der Waals surface area contributed by atoms with Crippen molar-refractivity contribution in [3.05, 3.63) is 59.4 Å². The molecule has 0 aliphatic carbocycles. The number of rotatable bonds is 4. The number of hydrogen-bond donors (Lipinski definition) is 0. The summed E-state index contributed by atoms with van der Waals surface area (Å²) in [5.41, 5.74) is 1.82. The number of fused-ring (bicyclic) bond motifs is 1. The van der Waals surface area contributed by atoms with E-state index in [-0.39, 0.29) is 12.6 Å². The highest BCUT2D eigenvalue weighted by Crippen LogP contribution is 2.32. The van der Waals surface area contributed by atoms with E-state index < -0.39 is 0 Å². The number of hydrogen-bond acceptors (Lipinski definition) is 3. The molecule has 1 aliphatic heterocycles. The fourth-order valence-electron chi connectivity index (χ4n) is 2.32. The highest BCUT2D eigenvalue weighted by molar-refractivity contribution is 5.44. The molecule has 0 saturated heterocycles. The molecule has 1 aliphatic rings. The van der Waals surface area contributed by atoms with Crippen molar-refractivity contribution in [2.45, 2.75) is 13.1 Å². The summed E-state index contributed by atoms with van der Waals surface area (Å²) >= 11 is 0. The van der Waals surface area contributed by atoms with Crippen LogP contribution in [0, 0.1) is 5.82 Å². The Morgan fingerprint density at radius 2 is 1.85 bits per heavy atom. The zero-order chi connectivity index (χ0) is 13.9. The monoisotopic (exact) mass is 273 g/mol. The van der Waals surface area contributed by atoms with Crippen LogP contribution in [0.5, 0.6) is 11.5 Å². The van der Waals surface area contributed by atoms with E-state index in [4.69, 9.17) is 9.47 Å². The summed E-state index contributed by atoms with van der Waals surface area (Å²) in [4.78, 5) is 2.07. The van der Waals surface area contributed by atoms with Gasteiger partial charge in [0.15, 0.2) is 11.5 Å². The molecule has 104 valence electrons. The SMILES string of the molecule is CN(Cc1ccc2c(c1)OCO2)Cc1ccccc1F. The van der Waals surface area contributed by atoms with Crippen LogP contribution in [0.1, 0.15) is 11.1 Å². The summed E-state index contributed by atoms with van der Waals surface area (Å²) in [6, 6.07) is 12.7. The fraction of sp³-hybridized carbons (Fsp3) is 0.250. The summed E-state index contributed by atoms with van der Waals surface area (Å²) in [5, 5.41) is 0. The van der Waals surface area contributed by atoms with Gasteiger partial charge >= 0.3 is 0 Å². The number of halogens is 1. The minimum Gasteiger partial charge on any atom is -0.454 e. The van der Waals surface area contributed by atoms with Crippen molar-refractivity contribution < 1.29 is 13.9 Å². The molecule has 3 rings (SSSR count). The Balaban J connectivity index is 1.67. The highest BCUT2D eigenvalue weighted by atomic mass is 19.1. The molecule has 0 fully saturated rings. The third-order valence-corrected chi connectivity index (χ3v) is 3.29. The predicted octanol–water partition coefficient (Wildman–Crippen LogP) is 3.19. The predicted molar refractivity (Wildman–Crippen MR) is 74.1 cm³/mol. The van der Waals surface area contributed by atoms with Crippen molar-refractivity contribution in [3.63, 3.8) is 0 Å². The van der Waals surface area contributed by atoms with Gasteiger partial charge in [0, 0.05) is 18.7 Å². The second kappa shape index (κ2) is 5.51. The van der Waals surface area contributed by atoms with E-state index in [1.54, 1.807) is 6.07 Å². The molecule has 0 bridgehead atoms. The Labute approximate surface area is 117 Å². The van der Waals surface area contributed by atoms with Crippen LogP contribution >= 0.6 is 0 Å². The summed E-state index contributed by atoms with van der Waals surface area (Å²) in [6.45, 7) is 1.58. The van der Waals surface area contributed by atoms with Crippen LogP contribution in [0.4, 0.5) is 4.39 Å². The first-order chi connectivity index (χ1) is 9.72. The Morgan fingerprint density at radius 3 is 2.70 bits per heavy atom. The van der Waals surface area contributed by atoms with Crippen molar-refractivity contribution in [2.75, 3.05) is 13.8 Å². The summed E-state index contributed by atoms with van der Waals surface area (Å²) in [7, 11) is 1.97. The van der Waals surface area contributed by atoms with Gasteiger partial charge in [-0.1, -0.05) is 24.3 Å². The minimum absolute atomic E-state index is 0.162. The average molecular weight is 273 g/mol. The lowest BCUT2D eigenvalue weighted by atomic mass is 10.1. The normalized spacial score (nSPS) is 12.9. The van der Waals surface area contributed by atoms with Gasteiger partial charge in [0.25, 0.3) is 0 Å². The molecular weight excluding hydrogens is 257 g/mol. The van der Waals surface area contributed by atoms with Gasteiger partial charge < -0.3 is 9.47 Å². The molecule has 0 atom stereocenters. The quantitative estimate of drug-likeness (QED) is 0.854. The van der Waals surface area contributed by atoms with Crippen molar-refractivity contribution >= 4 is 0 Å². The van der Waals surface area contributed by atoms with Crippen molar-refractivity contribution in [2.24, 2.45) is 0 Å². The van der Waals surface area contributed by atoms with E-state index in [9.17, 15) is 4.39 Å². The molecular formula is C16H16FNO2. The van der Waals surface area contributed by atoms with Crippen LogP contribution in [0.3, 0.4) is 0 Å². The molecule has 1 heterocycles. The van der Waals surface area contributed by atoms with E-state index in [2.05, 4.69) is 4.90 Å². The first kappa shape index (κ1) is 12.9. The maximum atomic E-state index is 13.6. The molecule has 0 N–H and O–H groups in total. The van der Waals surface area contributed by atoms with Gasteiger partial charge in [-0.3, -0.25) is 4.90 Å². The lowest BCUT2D eigenvalue weighted by Crippen LogP contribution is -2.17. The second-order valence-electron chi connectivity index (χ2n) is 4.95. The zero-order valence-electron chi connectivity index (χ0n) is 11.3. The molecule has 0 amide bonds. The standard InChI is InChI=1S/C16H16FNO2/c1-18(10-13-4-2-3-5-14(13)17)9-12-6-7-15-16(8-12)20-11-19-15/h2-8H,9-11H2,1H3. The molecule has 0 radical (unpaired) electrons.